The van der Waals surface area contributed by atoms with Crippen LogP contribution in [0.25, 0.3) is 0 Å². The molecule has 3 nitrogen and oxygen atoms in total. The predicted octanol–water partition coefficient (Wildman–Crippen LogP) is 5.63. The number of benzene rings is 1. The third kappa shape index (κ3) is 6.78. The maximum absolute atomic E-state index is 14.6. The Bertz CT molecular complexity index is 596. The summed E-state index contributed by atoms with van der Waals surface area (Å²) in [5.74, 6) is -1.51. The molecule has 152 valence electrons. The lowest BCUT2D eigenvalue weighted by molar-refractivity contribution is -0.134. The van der Waals surface area contributed by atoms with Gasteiger partial charge in [-0.1, -0.05) is 39.3 Å². The zero-order valence-corrected chi connectivity index (χ0v) is 16.8. The van der Waals surface area contributed by atoms with Gasteiger partial charge in [-0.05, 0) is 43.2 Å². The van der Waals surface area contributed by atoms with Crippen molar-refractivity contribution in [1.82, 2.24) is 4.90 Å². The Morgan fingerprint density at radius 2 is 1.93 bits per heavy atom. The zero-order valence-electron chi connectivity index (χ0n) is 16.8. The van der Waals surface area contributed by atoms with Crippen LogP contribution in [-0.2, 0) is 10.7 Å². The fourth-order valence-electron chi connectivity index (χ4n) is 3.78. The first-order valence-electron chi connectivity index (χ1n) is 10.2. The van der Waals surface area contributed by atoms with Crippen molar-refractivity contribution in [2.45, 2.75) is 65.2 Å². The average Bonchev–Trinajstić information content (AvgIpc) is 2.61. The molecule has 0 radical (unpaired) electrons. The Balaban J connectivity index is 1.85. The quantitative estimate of drug-likeness (QED) is 0.519. The molecule has 2 rings (SSSR count). The van der Waals surface area contributed by atoms with Crippen LogP contribution in [-0.4, -0.2) is 30.5 Å². The zero-order chi connectivity index (χ0) is 19.9. The highest BCUT2D eigenvalue weighted by Crippen LogP contribution is 2.35. The summed E-state index contributed by atoms with van der Waals surface area (Å²) in [6, 6.07) is 6.16. The lowest BCUT2D eigenvalue weighted by Crippen LogP contribution is -2.42. The summed E-state index contributed by atoms with van der Waals surface area (Å²) >= 11 is 0. The number of alkyl halides is 2. The summed E-state index contributed by atoms with van der Waals surface area (Å²) in [6.45, 7) is 8.36. The van der Waals surface area contributed by atoms with Crippen LogP contribution in [0.4, 0.5) is 8.78 Å². The number of carbonyl (C=O) groups is 1. The molecule has 1 aromatic carbocycles. The highest BCUT2D eigenvalue weighted by atomic mass is 19.3. The van der Waals surface area contributed by atoms with Crippen LogP contribution < -0.4 is 4.74 Å². The normalized spacial score (nSPS) is 20.6. The smallest absolute Gasteiger partial charge is 0.273 e. The molecule has 1 saturated heterocycles. The molecule has 0 spiro atoms. The summed E-state index contributed by atoms with van der Waals surface area (Å²) in [6.07, 6.45) is 3.07. The van der Waals surface area contributed by atoms with Gasteiger partial charge >= 0.3 is 0 Å². The molecule has 0 bridgehead atoms. The van der Waals surface area contributed by atoms with Crippen molar-refractivity contribution in [3.8, 4) is 5.75 Å². The first-order chi connectivity index (χ1) is 12.8. The fraction of sp³-hybridized carbons (Fsp3) is 0.682. The largest absolute Gasteiger partial charge is 0.494 e. The molecule has 1 heterocycles. The van der Waals surface area contributed by atoms with E-state index in [1.165, 1.54) is 12.1 Å². The van der Waals surface area contributed by atoms with Gasteiger partial charge in [-0.15, -0.1) is 0 Å². The molecule has 27 heavy (non-hydrogen) atoms. The molecular formula is C22H33F2NO2. The maximum atomic E-state index is 14.6. The van der Waals surface area contributed by atoms with Gasteiger partial charge in [-0.3, -0.25) is 4.79 Å². The van der Waals surface area contributed by atoms with Gasteiger partial charge in [0.05, 0.1) is 6.61 Å². The van der Waals surface area contributed by atoms with Crippen molar-refractivity contribution < 1.29 is 18.3 Å². The van der Waals surface area contributed by atoms with Gasteiger partial charge in [0.2, 0.25) is 5.91 Å². The number of ether oxygens (including phenoxy) is 1. The SMILES string of the molecule is CCCCOc1cccc(C(F)(F)CCCC(=O)N2C[C@H](C)C[C@H](C)C2)c1. The monoisotopic (exact) mass is 381 g/mol. The third-order valence-electron chi connectivity index (χ3n) is 5.13. The van der Waals surface area contributed by atoms with Gasteiger partial charge in [0.1, 0.15) is 5.75 Å². The van der Waals surface area contributed by atoms with E-state index in [1.807, 2.05) is 4.90 Å². The highest BCUT2D eigenvalue weighted by molar-refractivity contribution is 5.76. The number of nitrogens with zero attached hydrogens (tertiary/aromatic N) is 1. The van der Waals surface area contributed by atoms with Gasteiger partial charge in [-0.25, -0.2) is 8.78 Å². The molecule has 1 aromatic rings. The molecule has 0 aliphatic carbocycles. The van der Waals surface area contributed by atoms with Gasteiger partial charge < -0.3 is 9.64 Å². The molecule has 1 fully saturated rings. The molecule has 5 heteroatoms. The van der Waals surface area contributed by atoms with E-state index in [9.17, 15) is 13.6 Å². The molecule has 1 aliphatic heterocycles. The Hall–Kier alpha value is -1.65. The van der Waals surface area contributed by atoms with Crippen LogP contribution >= 0.6 is 0 Å². The van der Waals surface area contributed by atoms with Gasteiger partial charge in [0.15, 0.2) is 0 Å². The van der Waals surface area contributed by atoms with Crippen LogP contribution in [0.5, 0.6) is 5.75 Å². The number of carbonyl (C=O) groups excluding carboxylic acids is 1. The Morgan fingerprint density at radius 1 is 1.22 bits per heavy atom. The van der Waals surface area contributed by atoms with Crippen molar-refractivity contribution >= 4 is 5.91 Å². The first kappa shape index (κ1) is 21.6. The van der Waals surface area contributed by atoms with Crippen molar-refractivity contribution in [2.75, 3.05) is 19.7 Å². The topological polar surface area (TPSA) is 29.5 Å². The maximum Gasteiger partial charge on any atom is 0.273 e. The van der Waals surface area contributed by atoms with Crippen molar-refractivity contribution in [3.05, 3.63) is 29.8 Å². The lowest BCUT2D eigenvalue weighted by Gasteiger charge is -2.35. The van der Waals surface area contributed by atoms with Crippen LogP contribution in [0, 0.1) is 11.8 Å². The first-order valence-corrected chi connectivity index (χ1v) is 10.2. The number of hydrogen-bond acceptors (Lipinski definition) is 2. The van der Waals surface area contributed by atoms with Crippen LogP contribution in [0.1, 0.15) is 64.9 Å². The molecular weight excluding hydrogens is 348 g/mol. The minimum Gasteiger partial charge on any atom is -0.494 e. The molecule has 0 N–H and O–H groups in total. The van der Waals surface area contributed by atoms with Crippen molar-refractivity contribution in [2.24, 2.45) is 11.8 Å². The number of hydrogen-bond donors (Lipinski definition) is 0. The summed E-state index contributed by atoms with van der Waals surface area (Å²) < 4.78 is 34.7. The summed E-state index contributed by atoms with van der Waals surface area (Å²) in [5, 5.41) is 0. The minimum absolute atomic E-state index is 0.000787. The molecule has 0 aromatic heterocycles. The summed E-state index contributed by atoms with van der Waals surface area (Å²) in [7, 11) is 0. The summed E-state index contributed by atoms with van der Waals surface area (Å²) in [4.78, 5) is 14.2. The van der Waals surface area contributed by atoms with Gasteiger partial charge in [-0.2, -0.15) is 0 Å². The Labute approximate surface area is 162 Å². The third-order valence-corrected chi connectivity index (χ3v) is 5.13. The number of unbranched alkanes of at least 4 members (excludes halogenated alkanes) is 1. The van der Waals surface area contributed by atoms with Crippen molar-refractivity contribution in [3.63, 3.8) is 0 Å². The predicted molar refractivity (Wildman–Crippen MR) is 104 cm³/mol. The highest BCUT2D eigenvalue weighted by Gasteiger charge is 2.32. The number of rotatable bonds is 9. The number of halogens is 2. The summed E-state index contributed by atoms with van der Waals surface area (Å²) in [5.41, 5.74) is -0.0378. The van der Waals surface area contributed by atoms with E-state index < -0.39 is 5.92 Å². The van der Waals surface area contributed by atoms with E-state index in [2.05, 4.69) is 20.8 Å². The van der Waals surface area contributed by atoms with E-state index in [0.29, 0.717) is 24.2 Å². The number of piperidine rings is 1. The second-order valence-corrected chi connectivity index (χ2v) is 8.03. The van der Waals surface area contributed by atoms with Crippen LogP contribution in [0.15, 0.2) is 24.3 Å². The van der Waals surface area contributed by atoms with Gasteiger partial charge in [0, 0.05) is 31.5 Å². The van der Waals surface area contributed by atoms with E-state index in [4.69, 9.17) is 4.74 Å². The van der Waals surface area contributed by atoms with Gasteiger partial charge in [0.25, 0.3) is 5.92 Å². The molecule has 1 amide bonds. The molecule has 1 aliphatic rings. The fourth-order valence-corrected chi connectivity index (χ4v) is 3.78. The second-order valence-electron chi connectivity index (χ2n) is 8.03. The van der Waals surface area contributed by atoms with E-state index in [0.717, 1.165) is 32.4 Å². The van der Waals surface area contributed by atoms with Crippen LogP contribution in [0.2, 0.25) is 0 Å². The standard InChI is InChI=1S/C22H33F2NO2/c1-4-5-12-27-20-9-6-8-19(14-20)22(23,24)11-7-10-21(26)25-15-17(2)13-18(3)16-25/h6,8-9,14,17-18H,4-5,7,10-13,15-16H2,1-3H3/t17-,18+. The minimum atomic E-state index is -2.95. The van der Waals surface area contributed by atoms with Crippen molar-refractivity contribution in [1.29, 1.82) is 0 Å². The molecule has 2 atom stereocenters. The lowest BCUT2D eigenvalue weighted by atomic mass is 9.91. The number of amides is 1. The van der Waals surface area contributed by atoms with E-state index in [1.54, 1.807) is 12.1 Å². The van der Waals surface area contributed by atoms with E-state index in [-0.39, 0.29) is 30.7 Å². The Kier molecular flexibility index (Phi) is 8.06. The van der Waals surface area contributed by atoms with E-state index >= 15 is 0 Å². The average molecular weight is 382 g/mol. The van der Waals surface area contributed by atoms with Crippen LogP contribution in [0.3, 0.4) is 0 Å². The molecule has 0 saturated carbocycles. The second kappa shape index (κ2) is 10.0. The number of likely N-dealkylation sites (tertiary alicyclic amines) is 1. The Morgan fingerprint density at radius 3 is 2.59 bits per heavy atom. The molecule has 0 unspecified atom stereocenters.